The highest BCUT2D eigenvalue weighted by atomic mass is 28.4. The van der Waals surface area contributed by atoms with Crippen LogP contribution in [0.3, 0.4) is 0 Å². The third-order valence-electron chi connectivity index (χ3n) is 3.48. The summed E-state index contributed by atoms with van der Waals surface area (Å²) in [5.74, 6) is 0. The molecule has 0 aromatic heterocycles. The van der Waals surface area contributed by atoms with Crippen LogP contribution in [-0.2, 0) is 4.43 Å². The van der Waals surface area contributed by atoms with Crippen LogP contribution in [0, 0.1) is 0 Å². The molecule has 0 aliphatic carbocycles. The second-order valence-corrected chi connectivity index (χ2v) is 10.8. The fourth-order valence-electron chi connectivity index (χ4n) is 1.03. The summed E-state index contributed by atoms with van der Waals surface area (Å²) < 4.78 is 6.04. The maximum Gasteiger partial charge on any atom is 0.192 e. The van der Waals surface area contributed by atoms with Crippen molar-refractivity contribution in [3.05, 3.63) is 0 Å². The Hall–Kier alpha value is 0.0969. The molecule has 4 heteroatoms. The molecule has 1 atom stereocenters. The fraction of sp³-hybridized carbons (Fsp3) is 1.00. The third kappa shape index (κ3) is 5.99. The quantitative estimate of drug-likeness (QED) is 0.535. The van der Waals surface area contributed by atoms with Gasteiger partial charge in [-0.25, -0.2) is 0 Å². The zero-order valence-corrected chi connectivity index (χ0v) is 12.9. The van der Waals surface area contributed by atoms with E-state index in [1.165, 1.54) is 0 Å². The predicted molar refractivity (Wildman–Crippen MR) is 74.3 cm³/mol. The van der Waals surface area contributed by atoms with Gasteiger partial charge in [-0.05, 0) is 24.6 Å². The van der Waals surface area contributed by atoms with Gasteiger partial charge in [0, 0.05) is 25.7 Å². The van der Waals surface area contributed by atoms with E-state index in [2.05, 4.69) is 46.1 Å². The van der Waals surface area contributed by atoms with Gasteiger partial charge in [0.05, 0.1) is 0 Å². The Balaban J connectivity index is 3.67. The molecule has 3 nitrogen and oxygen atoms in total. The number of hydrogen-bond donors (Lipinski definition) is 2. The summed E-state index contributed by atoms with van der Waals surface area (Å²) in [7, 11) is -1.56. The van der Waals surface area contributed by atoms with Crippen molar-refractivity contribution in [3.8, 4) is 0 Å². The molecule has 16 heavy (non-hydrogen) atoms. The van der Waals surface area contributed by atoms with E-state index in [0.717, 1.165) is 26.1 Å². The Morgan fingerprint density at radius 3 is 2.31 bits per heavy atom. The molecule has 0 saturated carbocycles. The predicted octanol–water partition coefficient (Wildman–Crippen LogP) is 2.34. The summed E-state index contributed by atoms with van der Waals surface area (Å²) >= 11 is 0. The van der Waals surface area contributed by atoms with Crippen molar-refractivity contribution in [2.75, 3.05) is 19.7 Å². The lowest BCUT2D eigenvalue weighted by Crippen LogP contribution is -2.43. The summed E-state index contributed by atoms with van der Waals surface area (Å²) in [6.45, 7) is 16.1. The molecule has 0 spiro atoms. The monoisotopic (exact) mass is 246 g/mol. The topological polar surface area (TPSA) is 47.3 Å². The first-order chi connectivity index (χ1) is 7.20. The molecular formula is C12H30N2OSi. The molecule has 3 N–H and O–H groups in total. The van der Waals surface area contributed by atoms with Crippen LogP contribution >= 0.6 is 0 Å². The second kappa shape index (κ2) is 6.74. The molecule has 0 rings (SSSR count). The van der Waals surface area contributed by atoms with Gasteiger partial charge in [-0.3, -0.25) is 0 Å². The molecule has 0 saturated heterocycles. The van der Waals surface area contributed by atoms with Gasteiger partial charge in [0.1, 0.15) is 0 Å². The number of nitrogens with one attached hydrogen (secondary N) is 1. The van der Waals surface area contributed by atoms with E-state index >= 15 is 0 Å². The van der Waals surface area contributed by atoms with Crippen LogP contribution in [0.4, 0.5) is 0 Å². The normalized spacial score (nSPS) is 15.2. The summed E-state index contributed by atoms with van der Waals surface area (Å²) in [5.41, 5.74) is 5.82. The summed E-state index contributed by atoms with van der Waals surface area (Å²) in [5, 5.41) is 3.63. The molecule has 98 valence electrons. The highest BCUT2D eigenvalue weighted by Crippen LogP contribution is 2.36. The largest absolute Gasteiger partial charge is 0.416 e. The van der Waals surface area contributed by atoms with Crippen molar-refractivity contribution in [1.82, 2.24) is 5.32 Å². The Morgan fingerprint density at radius 2 is 1.88 bits per heavy atom. The van der Waals surface area contributed by atoms with Crippen LogP contribution in [0.25, 0.3) is 0 Å². The van der Waals surface area contributed by atoms with Gasteiger partial charge in [-0.2, -0.15) is 0 Å². The highest BCUT2D eigenvalue weighted by Gasteiger charge is 2.36. The van der Waals surface area contributed by atoms with Gasteiger partial charge in [-0.15, -0.1) is 0 Å². The lowest BCUT2D eigenvalue weighted by atomic mass is 10.2. The Bertz CT molecular complexity index is 190. The van der Waals surface area contributed by atoms with Gasteiger partial charge in [0.2, 0.25) is 0 Å². The number of rotatable bonds is 7. The minimum atomic E-state index is -1.56. The minimum Gasteiger partial charge on any atom is -0.416 e. The van der Waals surface area contributed by atoms with Crippen LogP contribution in [0.2, 0.25) is 18.1 Å². The van der Waals surface area contributed by atoms with E-state index in [0.29, 0.717) is 5.04 Å². The zero-order valence-electron chi connectivity index (χ0n) is 11.9. The van der Waals surface area contributed by atoms with Crippen molar-refractivity contribution in [2.24, 2.45) is 5.73 Å². The SMILES string of the molecule is CCC(N)CNCCO[Si](C)(C)C(C)(C)C. The van der Waals surface area contributed by atoms with Gasteiger partial charge < -0.3 is 15.5 Å². The highest BCUT2D eigenvalue weighted by molar-refractivity contribution is 6.74. The zero-order chi connectivity index (χ0) is 12.8. The van der Waals surface area contributed by atoms with E-state index in [4.69, 9.17) is 10.2 Å². The van der Waals surface area contributed by atoms with Crippen LogP contribution in [0.15, 0.2) is 0 Å². The molecule has 0 fully saturated rings. The van der Waals surface area contributed by atoms with Crippen LogP contribution < -0.4 is 11.1 Å². The van der Waals surface area contributed by atoms with E-state index in [1.807, 2.05) is 0 Å². The first-order valence-corrected chi connectivity index (χ1v) is 9.22. The average Bonchev–Trinajstić information content (AvgIpc) is 2.15. The molecular weight excluding hydrogens is 216 g/mol. The molecule has 0 aliphatic rings. The van der Waals surface area contributed by atoms with Crippen LogP contribution in [-0.4, -0.2) is 34.1 Å². The van der Waals surface area contributed by atoms with E-state index in [9.17, 15) is 0 Å². The standard InChI is InChI=1S/C12H30N2OSi/c1-7-11(13)10-14-8-9-15-16(5,6)12(2,3)4/h11,14H,7-10,13H2,1-6H3. The van der Waals surface area contributed by atoms with E-state index in [1.54, 1.807) is 0 Å². The number of hydrogen-bond acceptors (Lipinski definition) is 3. The summed E-state index contributed by atoms with van der Waals surface area (Å²) in [6.07, 6.45) is 1.02. The second-order valence-electron chi connectivity index (χ2n) is 5.98. The smallest absolute Gasteiger partial charge is 0.192 e. The molecule has 0 aromatic rings. The van der Waals surface area contributed by atoms with Gasteiger partial charge >= 0.3 is 0 Å². The molecule has 0 heterocycles. The third-order valence-corrected chi connectivity index (χ3v) is 8.02. The average molecular weight is 246 g/mol. The summed E-state index contributed by atoms with van der Waals surface area (Å²) in [6, 6.07) is 0.271. The molecule has 1 unspecified atom stereocenters. The maximum atomic E-state index is 6.04. The fourth-order valence-corrected chi connectivity index (χ4v) is 2.07. The molecule has 0 aromatic carbocycles. The van der Waals surface area contributed by atoms with E-state index in [-0.39, 0.29) is 6.04 Å². The Morgan fingerprint density at radius 1 is 1.31 bits per heavy atom. The first-order valence-electron chi connectivity index (χ1n) is 6.31. The van der Waals surface area contributed by atoms with Crippen LogP contribution in [0.5, 0.6) is 0 Å². The van der Waals surface area contributed by atoms with Crippen molar-refractivity contribution in [1.29, 1.82) is 0 Å². The molecule has 0 aliphatic heterocycles. The van der Waals surface area contributed by atoms with Crippen molar-refractivity contribution in [3.63, 3.8) is 0 Å². The van der Waals surface area contributed by atoms with Gasteiger partial charge in [-0.1, -0.05) is 27.7 Å². The first kappa shape index (κ1) is 16.1. The maximum absolute atomic E-state index is 6.04. The molecule has 0 amide bonds. The van der Waals surface area contributed by atoms with Crippen LogP contribution in [0.1, 0.15) is 34.1 Å². The lowest BCUT2D eigenvalue weighted by Gasteiger charge is -2.36. The van der Waals surface area contributed by atoms with Crippen molar-refractivity contribution >= 4 is 8.32 Å². The Kier molecular flexibility index (Phi) is 6.78. The van der Waals surface area contributed by atoms with E-state index < -0.39 is 8.32 Å². The molecule has 0 radical (unpaired) electrons. The van der Waals surface area contributed by atoms with Crippen molar-refractivity contribution < 1.29 is 4.43 Å². The van der Waals surface area contributed by atoms with Gasteiger partial charge in [0.25, 0.3) is 0 Å². The summed E-state index contributed by atoms with van der Waals surface area (Å²) in [4.78, 5) is 0. The minimum absolute atomic E-state index is 0.271. The Labute approximate surface area is 102 Å². The van der Waals surface area contributed by atoms with Crippen molar-refractivity contribution in [2.45, 2.75) is 58.3 Å². The molecule has 0 bridgehead atoms. The number of nitrogens with two attached hydrogens (primary N) is 1. The van der Waals surface area contributed by atoms with Gasteiger partial charge in [0.15, 0.2) is 8.32 Å². The lowest BCUT2D eigenvalue weighted by molar-refractivity contribution is 0.284.